The zero-order chi connectivity index (χ0) is 22.7. The molecule has 8 heteroatoms. The van der Waals surface area contributed by atoms with Crippen LogP contribution in [0.4, 0.5) is 4.79 Å². The summed E-state index contributed by atoms with van der Waals surface area (Å²) < 4.78 is 11.2. The second-order valence-corrected chi connectivity index (χ2v) is 8.09. The molecule has 0 saturated carbocycles. The Morgan fingerprint density at radius 2 is 1.90 bits per heavy atom. The summed E-state index contributed by atoms with van der Waals surface area (Å²) in [6.07, 6.45) is 0. The summed E-state index contributed by atoms with van der Waals surface area (Å²) in [7, 11) is 1.58. The lowest BCUT2D eigenvalue weighted by Crippen LogP contribution is -2.48. The third-order valence-electron chi connectivity index (χ3n) is 5.08. The van der Waals surface area contributed by atoms with Crippen molar-refractivity contribution in [3.63, 3.8) is 0 Å². The van der Waals surface area contributed by atoms with E-state index < -0.39 is 12.0 Å². The van der Waals surface area contributed by atoms with Crippen molar-refractivity contribution in [2.75, 3.05) is 20.3 Å². The molecule has 1 atom stereocenters. The lowest BCUT2D eigenvalue weighted by molar-refractivity contribution is -0.139. The lowest BCUT2D eigenvalue weighted by Gasteiger charge is -2.35. The zero-order valence-corrected chi connectivity index (χ0v) is 19.3. The van der Waals surface area contributed by atoms with Crippen LogP contribution in [0, 0.1) is 13.8 Å². The number of halogens is 2. The van der Waals surface area contributed by atoms with Crippen molar-refractivity contribution < 1.29 is 19.1 Å². The topological polar surface area (TPSA) is 67.9 Å². The van der Waals surface area contributed by atoms with Crippen molar-refractivity contribution in [2.45, 2.75) is 26.8 Å². The summed E-state index contributed by atoms with van der Waals surface area (Å²) in [6, 6.07) is 9.73. The number of aryl methyl sites for hydroxylation is 2. The second-order valence-electron chi connectivity index (χ2n) is 7.25. The van der Waals surface area contributed by atoms with Gasteiger partial charge in [0.15, 0.2) is 0 Å². The molecule has 6 nitrogen and oxygen atoms in total. The molecule has 0 unspecified atom stereocenters. The van der Waals surface area contributed by atoms with Gasteiger partial charge in [-0.05, 0) is 44.0 Å². The number of ether oxygens (including phenoxy) is 2. The van der Waals surface area contributed by atoms with E-state index in [4.69, 9.17) is 32.7 Å². The monoisotopic (exact) mass is 462 g/mol. The molecule has 2 aromatic carbocycles. The number of hydrogen-bond acceptors (Lipinski definition) is 4. The number of nitrogens with zero attached hydrogens (tertiary/aromatic N) is 1. The molecule has 0 aromatic heterocycles. The Kier molecular flexibility index (Phi) is 7.13. The van der Waals surface area contributed by atoms with Crippen LogP contribution in [0.25, 0.3) is 0 Å². The molecule has 164 valence electrons. The van der Waals surface area contributed by atoms with Crippen LogP contribution >= 0.6 is 23.2 Å². The number of nitrogens with one attached hydrogen (secondary N) is 1. The molecule has 0 radical (unpaired) electrons. The molecule has 1 N–H and O–H groups in total. The smallest absolute Gasteiger partial charge is 0.338 e. The Labute approximate surface area is 191 Å². The Hall–Kier alpha value is -2.70. The fourth-order valence-corrected chi connectivity index (χ4v) is 3.75. The fourth-order valence-electron chi connectivity index (χ4n) is 3.42. The molecule has 1 heterocycles. The lowest BCUT2D eigenvalue weighted by atomic mass is 9.90. The molecule has 2 aromatic rings. The Balaban J connectivity index is 2.10. The van der Waals surface area contributed by atoms with Crippen LogP contribution < -0.4 is 10.1 Å². The summed E-state index contributed by atoms with van der Waals surface area (Å²) in [5.74, 6) is -0.163. The van der Waals surface area contributed by atoms with Gasteiger partial charge in [0.2, 0.25) is 0 Å². The first-order valence-corrected chi connectivity index (χ1v) is 10.6. The predicted octanol–water partition coefficient (Wildman–Crippen LogP) is 5.20. The molecular formula is C23H24Cl2N2O4. The highest BCUT2D eigenvalue weighted by atomic mass is 35.5. The highest BCUT2D eigenvalue weighted by Crippen LogP contribution is 2.34. The maximum atomic E-state index is 13.0. The average Bonchev–Trinajstić information content (AvgIpc) is 2.73. The van der Waals surface area contributed by atoms with Crippen molar-refractivity contribution >= 4 is 35.2 Å². The van der Waals surface area contributed by atoms with Gasteiger partial charge in [0.05, 0.1) is 28.9 Å². The van der Waals surface area contributed by atoms with Gasteiger partial charge < -0.3 is 14.8 Å². The third kappa shape index (κ3) is 4.97. The molecule has 1 aliphatic rings. The standard InChI is InChI=1S/C23H24Cl2N2O4/c1-5-30-22(28)20-18(12-31-19-11-15(24)8-9-17(19)25)27(4)23(29)26-21(20)16-10-13(2)6-7-14(16)3/h6-11,21H,5,12H2,1-4H3,(H,26,29)/t21-/m1/s1. The highest BCUT2D eigenvalue weighted by molar-refractivity contribution is 6.34. The summed E-state index contributed by atoms with van der Waals surface area (Å²) in [5.41, 5.74) is 3.49. The number of urea groups is 1. The maximum Gasteiger partial charge on any atom is 0.338 e. The Bertz CT molecular complexity index is 1050. The normalized spacial score (nSPS) is 16.3. The quantitative estimate of drug-likeness (QED) is 0.598. The Morgan fingerprint density at radius 1 is 1.16 bits per heavy atom. The number of likely N-dealkylation sites (N-methyl/N-ethyl adjacent to an activating group) is 1. The van der Waals surface area contributed by atoms with E-state index in [1.165, 1.54) is 4.90 Å². The van der Waals surface area contributed by atoms with E-state index in [2.05, 4.69) is 5.32 Å². The molecule has 3 rings (SSSR count). The van der Waals surface area contributed by atoms with Crippen molar-refractivity contribution in [3.8, 4) is 5.75 Å². The summed E-state index contributed by atoms with van der Waals surface area (Å²) in [4.78, 5) is 27.1. The van der Waals surface area contributed by atoms with E-state index in [-0.39, 0.29) is 19.2 Å². The molecule has 0 saturated heterocycles. The van der Waals surface area contributed by atoms with Crippen LogP contribution in [-0.4, -0.2) is 37.2 Å². The molecule has 1 aliphatic heterocycles. The van der Waals surface area contributed by atoms with E-state index >= 15 is 0 Å². The first-order chi connectivity index (χ1) is 14.7. The number of rotatable bonds is 6. The maximum absolute atomic E-state index is 13.0. The first-order valence-electron chi connectivity index (χ1n) is 9.82. The SMILES string of the molecule is CCOC(=O)C1=C(COc2cc(Cl)ccc2Cl)N(C)C(=O)N[C@@H]1c1cc(C)ccc1C. The largest absolute Gasteiger partial charge is 0.486 e. The zero-order valence-electron chi connectivity index (χ0n) is 17.8. The molecule has 0 bridgehead atoms. The molecule has 0 aliphatic carbocycles. The van der Waals surface area contributed by atoms with Crippen LogP contribution in [0.5, 0.6) is 5.75 Å². The van der Waals surface area contributed by atoms with Gasteiger partial charge >= 0.3 is 12.0 Å². The fraction of sp³-hybridized carbons (Fsp3) is 0.304. The third-order valence-corrected chi connectivity index (χ3v) is 5.62. The number of carbonyl (C=O) groups is 2. The number of amides is 2. The van der Waals surface area contributed by atoms with Gasteiger partial charge in [-0.1, -0.05) is 47.0 Å². The second kappa shape index (κ2) is 9.62. The number of esters is 1. The van der Waals surface area contributed by atoms with E-state index in [0.29, 0.717) is 27.1 Å². The van der Waals surface area contributed by atoms with E-state index in [9.17, 15) is 9.59 Å². The van der Waals surface area contributed by atoms with Gasteiger partial charge in [-0.15, -0.1) is 0 Å². The summed E-state index contributed by atoms with van der Waals surface area (Å²) in [6.45, 7) is 5.76. The van der Waals surface area contributed by atoms with Crippen molar-refractivity contribution in [1.29, 1.82) is 0 Å². The first kappa shape index (κ1) is 23.0. The van der Waals surface area contributed by atoms with Gasteiger partial charge in [-0.2, -0.15) is 0 Å². The van der Waals surface area contributed by atoms with Gasteiger partial charge in [0.1, 0.15) is 12.4 Å². The molecular weight excluding hydrogens is 439 g/mol. The van der Waals surface area contributed by atoms with Gasteiger partial charge in [-0.25, -0.2) is 9.59 Å². The molecule has 2 amide bonds. The number of benzene rings is 2. The van der Waals surface area contributed by atoms with E-state index in [1.807, 2.05) is 32.0 Å². The summed E-state index contributed by atoms with van der Waals surface area (Å²) >= 11 is 12.3. The summed E-state index contributed by atoms with van der Waals surface area (Å²) in [5, 5.41) is 3.75. The van der Waals surface area contributed by atoms with Crippen LogP contribution in [-0.2, 0) is 9.53 Å². The minimum atomic E-state index is -0.670. The van der Waals surface area contributed by atoms with Crippen LogP contribution in [0.2, 0.25) is 10.0 Å². The van der Waals surface area contributed by atoms with Crippen molar-refractivity contribution in [2.24, 2.45) is 0 Å². The molecule has 31 heavy (non-hydrogen) atoms. The van der Waals surface area contributed by atoms with Crippen molar-refractivity contribution in [1.82, 2.24) is 10.2 Å². The van der Waals surface area contributed by atoms with Crippen LogP contribution in [0.1, 0.15) is 29.7 Å². The highest BCUT2D eigenvalue weighted by Gasteiger charge is 2.37. The van der Waals surface area contributed by atoms with Gasteiger partial charge in [0, 0.05) is 18.1 Å². The van der Waals surface area contributed by atoms with Crippen LogP contribution in [0.15, 0.2) is 47.7 Å². The number of carbonyl (C=O) groups excluding carboxylic acids is 2. The molecule has 0 fully saturated rings. The van der Waals surface area contributed by atoms with Crippen LogP contribution in [0.3, 0.4) is 0 Å². The minimum Gasteiger partial charge on any atom is -0.486 e. The predicted molar refractivity (Wildman–Crippen MR) is 121 cm³/mol. The van der Waals surface area contributed by atoms with Crippen molar-refractivity contribution in [3.05, 3.63) is 74.4 Å². The number of hydrogen-bond donors (Lipinski definition) is 1. The van der Waals surface area contributed by atoms with E-state index in [1.54, 1.807) is 32.2 Å². The van der Waals surface area contributed by atoms with Gasteiger partial charge in [-0.3, -0.25) is 4.90 Å². The van der Waals surface area contributed by atoms with Gasteiger partial charge in [0.25, 0.3) is 0 Å². The molecule has 0 spiro atoms. The average molecular weight is 463 g/mol. The minimum absolute atomic E-state index is 0.0699. The Morgan fingerprint density at radius 3 is 2.61 bits per heavy atom. The van der Waals surface area contributed by atoms with E-state index in [0.717, 1.165) is 16.7 Å².